The minimum atomic E-state index is -0.584. The molecule has 0 fully saturated rings. The van der Waals surface area contributed by atoms with Gasteiger partial charge in [-0.2, -0.15) is 0 Å². The lowest BCUT2D eigenvalue weighted by Gasteiger charge is -2.12. The van der Waals surface area contributed by atoms with E-state index in [1.807, 2.05) is 0 Å². The van der Waals surface area contributed by atoms with Crippen molar-refractivity contribution in [1.82, 2.24) is 10.6 Å². The summed E-state index contributed by atoms with van der Waals surface area (Å²) < 4.78 is 31.9. The van der Waals surface area contributed by atoms with Crippen molar-refractivity contribution in [3.05, 3.63) is 65.2 Å². The summed E-state index contributed by atoms with van der Waals surface area (Å²) in [5, 5.41) is 13.9. The van der Waals surface area contributed by atoms with Gasteiger partial charge >= 0.3 is 6.03 Å². The molecule has 2 amide bonds. The van der Waals surface area contributed by atoms with Gasteiger partial charge < -0.3 is 20.5 Å². The topological polar surface area (TPSA) is 70.6 Å². The fourth-order valence-electron chi connectivity index (χ4n) is 2.04. The van der Waals surface area contributed by atoms with Crippen LogP contribution in [0.15, 0.2) is 42.5 Å². The van der Waals surface area contributed by atoms with Crippen molar-refractivity contribution < 1.29 is 23.4 Å². The van der Waals surface area contributed by atoms with Gasteiger partial charge in [0.2, 0.25) is 0 Å². The highest BCUT2D eigenvalue weighted by molar-refractivity contribution is 5.73. The van der Waals surface area contributed by atoms with Crippen molar-refractivity contribution in [2.75, 3.05) is 13.2 Å². The van der Waals surface area contributed by atoms with Crippen LogP contribution in [-0.2, 0) is 13.1 Å². The van der Waals surface area contributed by atoms with Crippen LogP contribution in [0.2, 0.25) is 0 Å². The smallest absolute Gasteiger partial charge is 0.315 e. The van der Waals surface area contributed by atoms with E-state index in [2.05, 4.69) is 10.6 Å². The summed E-state index contributed by atoms with van der Waals surface area (Å²) >= 11 is 0. The number of rotatable bonds is 7. The van der Waals surface area contributed by atoms with Crippen LogP contribution in [0.3, 0.4) is 0 Å². The van der Waals surface area contributed by atoms with Gasteiger partial charge in [0.05, 0.1) is 6.61 Å². The van der Waals surface area contributed by atoms with Crippen molar-refractivity contribution in [2.24, 2.45) is 0 Å². The second-order valence-electron chi connectivity index (χ2n) is 4.95. The number of aliphatic hydroxyl groups excluding tert-OH is 1. The van der Waals surface area contributed by atoms with Crippen LogP contribution in [0.1, 0.15) is 11.1 Å². The summed E-state index contributed by atoms with van der Waals surface area (Å²) in [6.07, 6.45) is 0. The maximum atomic E-state index is 13.5. The molecule has 0 bridgehead atoms. The number of hydrogen-bond donors (Lipinski definition) is 3. The molecule has 0 atom stereocenters. The Hall–Kier alpha value is -2.67. The lowest BCUT2D eigenvalue weighted by Crippen LogP contribution is -2.34. The molecular formula is C17H18F2N2O3. The molecule has 0 aliphatic rings. The second-order valence-corrected chi connectivity index (χ2v) is 4.95. The number of carbonyl (C=O) groups excluding carboxylic acids is 1. The number of urea groups is 1. The molecule has 0 aromatic heterocycles. The Labute approximate surface area is 138 Å². The summed E-state index contributed by atoms with van der Waals surface area (Å²) in [6, 6.07) is 9.63. The molecule has 0 saturated carbocycles. The summed E-state index contributed by atoms with van der Waals surface area (Å²) in [5.74, 6) is -0.592. The van der Waals surface area contributed by atoms with Gasteiger partial charge in [-0.15, -0.1) is 0 Å². The quantitative estimate of drug-likeness (QED) is 0.727. The zero-order valence-corrected chi connectivity index (χ0v) is 12.9. The Bertz CT molecular complexity index is 695. The fraction of sp³-hybridized carbons (Fsp3) is 0.235. The maximum absolute atomic E-state index is 13.5. The molecule has 3 N–H and O–H groups in total. The van der Waals surface area contributed by atoms with Crippen LogP contribution in [0.25, 0.3) is 0 Å². The van der Waals surface area contributed by atoms with Crippen LogP contribution in [0.4, 0.5) is 13.6 Å². The van der Waals surface area contributed by atoms with Crippen LogP contribution < -0.4 is 15.4 Å². The van der Waals surface area contributed by atoms with Gasteiger partial charge in [0.25, 0.3) is 0 Å². The van der Waals surface area contributed by atoms with Crippen molar-refractivity contribution >= 4 is 6.03 Å². The third kappa shape index (κ3) is 5.20. The highest BCUT2D eigenvalue weighted by atomic mass is 19.1. The van der Waals surface area contributed by atoms with E-state index in [1.54, 1.807) is 24.3 Å². The van der Waals surface area contributed by atoms with Crippen LogP contribution in [0.5, 0.6) is 5.75 Å². The first-order valence-corrected chi connectivity index (χ1v) is 7.37. The molecule has 0 aliphatic heterocycles. The Kier molecular flexibility index (Phi) is 6.51. The number of benzene rings is 2. The fourth-order valence-corrected chi connectivity index (χ4v) is 2.04. The Morgan fingerprint density at radius 3 is 2.50 bits per heavy atom. The summed E-state index contributed by atoms with van der Waals surface area (Å²) in [4.78, 5) is 11.8. The molecule has 0 unspecified atom stereocenters. The zero-order chi connectivity index (χ0) is 17.4. The number of nitrogens with one attached hydrogen (secondary N) is 2. The first-order valence-electron chi connectivity index (χ1n) is 7.37. The van der Waals surface area contributed by atoms with E-state index in [4.69, 9.17) is 9.84 Å². The number of para-hydroxylation sites is 1. The molecule has 2 rings (SSSR count). The van der Waals surface area contributed by atoms with E-state index in [-0.39, 0.29) is 31.9 Å². The van der Waals surface area contributed by atoms with Gasteiger partial charge in [0.1, 0.15) is 24.0 Å². The third-order valence-corrected chi connectivity index (χ3v) is 3.21. The molecular weight excluding hydrogens is 318 g/mol. The molecule has 0 saturated heterocycles. The molecule has 0 heterocycles. The number of halogens is 2. The molecule has 7 heteroatoms. The van der Waals surface area contributed by atoms with E-state index in [9.17, 15) is 13.6 Å². The molecule has 2 aromatic carbocycles. The predicted molar refractivity (Wildman–Crippen MR) is 84.5 cm³/mol. The molecule has 128 valence electrons. The Morgan fingerprint density at radius 1 is 1.04 bits per heavy atom. The van der Waals surface area contributed by atoms with E-state index in [0.29, 0.717) is 5.75 Å². The molecule has 24 heavy (non-hydrogen) atoms. The van der Waals surface area contributed by atoms with Crippen molar-refractivity contribution in [3.63, 3.8) is 0 Å². The van der Waals surface area contributed by atoms with Crippen LogP contribution in [-0.4, -0.2) is 24.4 Å². The number of hydrogen-bond acceptors (Lipinski definition) is 3. The Balaban J connectivity index is 1.86. The summed E-state index contributed by atoms with van der Waals surface area (Å²) in [5.41, 5.74) is 0.801. The van der Waals surface area contributed by atoms with E-state index in [1.165, 1.54) is 0 Å². The van der Waals surface area contributed by atoms with E-state index >= 15 is 0 Å². The van der Waals surface area contributed by atoms with E-state index in [0.717, 1.165) is 23.8 Å². The maximum Gasteiger partial charge on any atom is 0.315 e. The lowest BCUT2D eigenvalue weighted by atomic mass is 10.2. The van der Waals surface area contributed by atoms with Gasteiger partial charge in [-0.25, -0.2) is 13.6 Å². The van der Waals surface area contributed by atoms with Crippen molar-refractivity contribution in [1.29, 1.82) is 0 Å². The van der Waals surface area contributed by atoms with Gasteiger partial charge in [-0.3, -0.25) is 0 Å². The average molecular weight is 336 g/mol. The first-order chi connectivity index (χ1) is 11.6. The normalized spacial score (nSPS) is 10.3. The highest BCUT2D eigenvalue weighted by Gasteiger charge is 2.08. The predicted octanol–water partition coefficient (Wildman–Crippen LogP) is 2.34. The van der Waals surface area contributed by atoms with Gasteiger partial charge in [-0.1, -0.05) is 18.2 Å². The van der Waals surface area contributed by atoms with E-state index < -0.39 is 17.7 Å². The summed E-state index contributed by atoms with van der Waals surface area (Å²) in [6.45, 7) is 0.112. The third-order valence-electron chi connectivity index (χ3n) is 3.21. The Morgan fingerprint density at radius 2 is 1.75 bits per heavy atom. The van der Waals surface area contributed by atoms with Crippen molar-refractivity contribution in [2.45, 2.75) is 13.1 Å². The van der Waals surface area contributed by atoms with Gasteiger partial charge in [-0.05, 0) is 24.3 Å². The first kappa shape index (κ1) is 17.7. The van der Waals surface area contributed by atoms with Crippen LogP contribution in [0, 0.1) is 11.6 Å². The van der Waals surface area contributed by atoms with Gasteiger partial charge in [0, 0.05) is 24.2 Å². The molecule has 0 radical (unpaired) electrons. The second kappa shape index (κ2) is 8.83. The zero-order valence-electron chi connectivity index (χ0n) is 12.9. The number of aliphatic hydroxyl groups is 1. The molecule has 0 spiro atoms. The lowest BCUT2D eigenvalue weighted by molar-refractivity contribution is 0.200. The largest absolute Gasteiger partial charge is 0.491 e. The highest BCUT2D eigenvalue weighted by Crippen LogP contribution is 2.17. The molecule has 5 nitrogen and oxygen atoms in total. The monoisotopic (exact) mass is 336 g/mol. The van der Waals surface area contributed by atoms with Crippen LogP contribution >= 0.6 is 0 Å². The number of ether oxygens (including phenoxy) is 1. The number of amides is 2. The van der Waals surface area contributed by atoms with Gasteiger partial charge in [0.15, 0.2) is 0 Å². The minimum absolute atomic E-state index is 0.0665. The SMILES string of the molecule is O=C(NCc1cc(F)ccc1F)NCc1ccccc1OCCO. The number of carbonyl (C=O) groups is 1. The standard InChI is InChI=1S/C17H18F2N2O3/c18-14-5-6-15(19)13(9-14)11-21-17(23)20-10-12-3-1-2-4-16(12)24-8-7-22/h1-6,9,22H,7-8,10-11H2,(H2,20,21,23). The molecule has 0 aliphatic carbocycles. The molecule has 2 aromatic rings. The minimum Gasteiger partial charge on any atom is -0.491 e. The summed E-state index contributed by atoms with van der Waals surface area (Å²) in [7, 11) is 0. The van der Waals surface area contributed by atoms with Crippen molar-refractivity contribution in [3.8, 4) is 5.75 Å². The average Bonchev–Trinajstić information content (AvgIpc) is 2.59.